The van der Waals surface area contributed by atoms with Crippen LogP contribution in [0.3, 0.4) is 0 Å². The Bertz CT molecular complexity index is 378. The van der Waals surface area contributed by atoms with E-state index in [1.807, 2.05) is 27.7 Å². The van der Waals surface area contributed by atoms with Gasteiger partial charge in [0.25, 0.3) is 14.3 Å². The van der Waals surface area contributed by atoms with Gasteiger partial charge in [-0.1, -0.05) is 47.5 Å². The molecule has 5 nitrogen and oxygen atoms in total. The summed E-state index contributed by atoms with van der Waals surface area (Å²) in [4.78, 5) is 13.0. The lowest BCUT2D eigenvalue weighted by Crippen LogP contribution is -2.50. The van der Waals surface area contributed by atoms with E-state index in [1.54, 1.807) is 0 Å². The van der Waals surface area contributed by atoms with E-state index in [-0.39, 0.29) is 11.9 Å². The van der Waals surface area contributed by atoms with Crippen LogP contribution in [0.4, 0.5) is 0 Å². The zero-order valence-electron chi connectivity index (χ0n) is 18.5. The summed E-state index contributed by atoms with van der Waals surface area (Å²) in [7, 11) is -5.02. The fourth-order valence-electron chi connectivity index (χ4n) is 3.23. The largest absolute Gasteiger partial charge is 0.519 e. The highest BCUT2D eigenvalue weighted by molar-refractivity contribution is 6.76. The molecule has 0 saturated heterocycles. The van der Waals surface area contributed by atoms with E-state index in [4.69, 9.17) is 17.7 Å². The maximum absolute atomic E-state index is 13.0. The van der Waals surface area contributed by atoms with Crippen molar-refractivity contribution in [2.75, 3.05) is 19.8 Å². The topological polar surface area (TPSA) is 54.0 Å². The van der Waals surface area contributed by atoms with E-state index in [2.05, 4.69) is 34.2 Å². The average molecular weight is 407 g/mol. The molecule has 0 amide bonds. The van der Waals surface area contributed by atoms with Crippen molar-refractivity contribution >= 4 is 23.1 Å². The molecular formula is C19H42O5Si2. The highest BCUT2D eigenvalue weighted by Crippen LogP contribution is 2.38. The van der Waals surface area contributed by atoms with Crippen LogP contribution in [0.5, 0.6) is 0 Å². The quantitative estimate of drug-likeness (QED) is 0.362. The van der Waals surface area contributed by atoms with Gasteiger partial charge in [0.05, 0.1) is 5.92 Å². The third-order valence-corrected chi connectivity index (χ3v) is 14.2. The molecule has 3 atom stereocenters. The Morgan fingerprint density at radius 1 is 0.808 bits per heavy atom. The molecule has 0 aromatic rings. The molecule has 0 heterocycles. The van der Waals surface area contributed by atoms with Crippen molar-refractivity contribution in [3.05, 3.63) is 0 Å². The molecule has 0 spiro atoms. The van der Waals surface area contributed by atoms with Gasteiger partial charge in [-0.15, -0.1) is 0 Å². The monoisotopic (exact) mass is 406 g/mol. The molecular weight excluding hydrogens is 364 g/mol. The van der Waals surface area contributed by atoms with Crippen LogP contribution in [0, 0.1) is 5.92 Å². The van der Waals surface area contributed by atoms with Gasteiger partial charge in [-0.05, 0) is 38.4 Å². The molecule has 0 aromatic heterocycles. The third-order valence-electron chi connectivity index (χ3n) is 5.55. The van der Waals surface area contributed by atoms with E-state index in [9.17, 15) is 4.79 Å². The molecule has 3 unspecified atom stereocenters. The summed E-state index contributed by atoms with van der Waals surface area (Å²) in [5, 5.41) is 0. The van der Waals surface area contributed by atoms with Crippen molar-refractivity contribution in [1.29, 1.82) is 0 Å². The fourth-order valence-corrected chi connectivity index (χ4v) is 9.70. The van der Waals surface area contributed by atoms with E-state index >= 15 is 0 Å². The van der Waals surface area contributed by atoms with Gasteiger partial charge in [0, 0.05) is 25.9 Å². The second kappa shape index (κ2) is 12.3. The molecule has 0 rings (SSSR count). The van der Waals surface area contributed by atoms with Crippen LogP contribution in [-0.4, -0.2) is 42.9 Å². The predicted molar refractivity (Wildman–Crippen MR) is 112 cm³/mol. The molecule has 0 N–H and O–H groups in total. The van der Waals surface area contributed by atoms with Gasteiger partial charge < -0.3 is 17.7 Å². The van der Waals surface area contributed by atoms with Gasteiger partial charge >= 0.3 is 8.80 Å². The van der Waals surface area contributed by atoms with Crippen molar-refractivity contribution in [2.24, 2.45) is 5.92 Å². The molecule has 0 aliphatic rings. The standard InChI is InChI=1S/C19H42O5Si2/c1-10-17(7)25(9,18(8)11-2)24-19(20)16(6)15-26(21-12-3,22-13-4)23-14-5/h16-18H,10-15H2,1-9H3. The van der Waals surface area contributed by atoms with E-state index in [1.165, 1.54) is 0 Å². The lowest BCUT2D eigenvalue weighted by atomic mass is 10.2. The normalized spacial score (nSPS) is 18.0. The van der Waals surface area contributed by atoms with E-state index in [0.717, 1.165) is 12.8 Å². The summed E-state index contributed by atoms with van der Waals surface area (Å²) < 4.78 is 23.9. The zero-order valence-corrected chi connectivity index (χ0v) is 20.5. The minimum absolute atomic E-state index is 0.129. The molecule has 0 aromatic carbocycles. The summed E-state index contributed by atoms with van der Waals surface area (Å²) in [6.45, 7) is 20.2. The second-order valence-corrected chi connectivity index (χ2v) is 14.5. The summed E-state index contributed by atoms with van der Waals surface area (Å²) >= 11 is 0. The highest BCUT2D eigenvalue weighted by atomic mass is 28.4. The second-order valence-electron chi connectivity index (χ2n) is 7.31. The smallest absolute Gasteiger partial charge is 0.501 e. The molecule has 0 aliphatic heterocycles. The fraction of sp³-hybridized carbons (Fsp3) is 0.947. The Morgan fingerprint density at radius 2 is 1.19 bits per heavy atom. The molecule has 26 heavy (non-hydrogen) atoms. The SMILES string of the molecule is CCO[Si](CC(C)C(=O)O[Si](C)(C(C)CC)C(C)CC)(OCC)OCC. The minimum Gasteiger partial charge on any atom is -0.519 e. The van der Waals surface area contributed by atoms with Crippen molar-refractivity contribution in [2.45, 2.75) is 91.9 Å². The third kappa shape index (κ3) is 7.07. The summed E-state index contributed by atoms with van der Waals surface area (Å²) in [6, 6.07) is 0.465. The van der Waals surface area contributed by atoms with Gasteiger partial charge in [-0.3, -0.25) is 4.79 Å². The molecule has 0 saturated carbocycles. The Balaban J connectivity index is 5.31. The lowest BCUT2D eigenvalue weighted by Gasteiger charge is -2.38. The summed E-state index contributed by atoms with van der Waals surface area (Å²) in [5.74, 6) is -0.429. The molecule has 156 valence electrons. The van der Waals surface area contributed by atoms with Crippen LogP contribution in [-0.2, 0) is 22.5 Å². The molecule has 0 aliphatic carbocycles. The molecule has 0 radical (unpaired) electrons. The van der Waals surface area contributed by atoms with E-state index < -0.39 is 17.1 Å². The van der Waals surface area contributed by atoms with Crippen molar-refractivity contribution in [1.82, 2.24) is 0 Å². The van der Waals surface area contributed by atoms with Gasteiger partial charge in [-0.2, -0.15) is 0 Å². The summed E-state index contributed by atoms with van der Waals surface area (Å²) in [5.41, 5.74) is 0.863. The number of rotatable bonds is 14. The van der Waals surface area contributed by atoms with E-state index in [0.29, 0.717) is 36.9 Å². The molecule has 0 fully saturated rings. The van der Waals surface area contributed by atoms with Crippen LogP contribution in [0.15, 0.2) is 0 Å². The number of hydrogen-bond donors (Lipinski definition) is 0. The zero-order chi connectivity index (χ0) is 20.4. The summed E-state index contributed by atoms with van der Waals surface area (Å²) in [6.07, 6.45) is 2.06. The molecule has 0 bridgehead atoms. The van der Waals surface area contributed by atoms with Gasteiger partial charge in [-0.25, -0.2) is 0 Å². The maximum Gasteiger partial charge on any atom is 0.501 e. The Hall–Kier alpha value is -0.216. The first-order valence-electron chi connectivity index (χ1n) is 10.3. The highest BCUT2D eigenvalue weighted by Gasteiger charge is 2.47. The lowest BCUT2D eigenvalue weighted by molar-refractivity contribution is -0.139. The average Bonchev–Trinajstić information content (AvgIpc) is 2.60. The minimum atomic E-state index is -2.85. The first-order valence-corrected chi connectivity index (χ1v) is 14.8. The van der Waals surface area contributed by atoms with Crippen molar-refractivity contribution in [3.8, 4) is 0 Å². The Labute approximate surface area is 163 Å². The Kier molecular flexibility index (Phi) is 12.2. The molecule has 7 heteroatoms. The first-order chi connectivity index (χ1) is 12.2. The van der Waals surface area contributed by atoms with Crippen LogP contribution in [0.25, 0.3) is 0 Å². The maximum atomic E-state index is 13.0. The van der Waals surface area contributed by atoms with Gasteiger partial charge in [0.1, 0.15) is 0 Å². The Morgan fingerprint density at radius 3 is 1.50 bits per heavy atom. The van der Waals surface area contributed by atoms with Crippen molar-refractivity contribution in [3.63, 3.8) is 0 Å². The van der Waals surface area contributed by atoms with Crippen LogP contribution < -0.4 is 0 Å². The van der Waals surface area contributed by atoms with Crippen LogP contribution in [0.2, 0.25) is 23.7 Å². The van der Waals surface area contributed by atoms with Crippen molar-refractivity contribution < 1.29 is 22.5 Å². The van der Waals surface area contributed by atoms with Gasteiger partial charge in [0.2, 0.25) is 0 Å². The predicted octanol–water partition coefficient (Wildman–Crippen LogP) is 5.39. The first kappa shape index (κ1) is 25.8. The number of hydrogen-bond acceptors (Lipinski definition) is 5. The van der Waals surface area contributed by atoms with Crippen LogP contribution in [0.1, 0.15) is 68.2 Å². The van der Waals surface area contributed by atoms with Crippen LogP contribution >= 0.6 is 0 Å². The number of carbonyl (C=O) groups is 1. The number of carbonyl (C=O) groups excluding carboxylic acids is 1. The van der Waals surface area contributed by atoms with Gasteiger partial charge in [0.15, 0.2) is 0 Å².